The van der Waals surface area contributed by atoms with Crippen LogP contribution in [0.25, 0.3) is 0 Å². The van der Waals surface area contributed by atoms with Crippen molar-refractivity contribution in [2.75, 3.05) is 26.2 Å². The lowest BCUT2D eigenvalue weighted by molar-refractivity contribution is -0.137. The van der Waals surface area contributed by atoms with Crippen molar-refractivity contribution in [2.24, 2.45) is 0 Å². The Bertz CT molecular complexity index is 289. The van der Waals surface area contributed by atoms with Crippen molar-refractivity contribution < 1.29 is 14.7 Å². The van der Waals surface area contributed by atoms with E-state index in [1.165, 1.54) is 4.90 Å². The molecule has 0 aliphatic rings. The van der Waals surface area contributed by atoms with Crippen LogP contribution in [0.2, 0.25) is 0 Å². The van der Waals surface area contributed by atoms with Gasteiger partial charge in [0.2, 0.25) is 0 Å². The van der Waals surface area contributed by atoms with Gasteiger partial charge >= 0.3 is 12.0 Å². The van der Waals surface area contributed by atoms with Crippen molar-refractivity contribution in [1.29, 1.82) is 0 Å². The number of likely N-dealkylation sites (N-methyl/N-ethyl adjacent to an activating group) is 1. The van der Waals surface area contributed by atoms with Crippen LogP contribution in [-0.4, -0.2) is 53.1 Å². The molecule has 0 rings (SSSR count). The highest BCUT2D eigenvalue weighted by molar-refractivity contribution is 5.80. The second-order valence-corrected chi connectivity index (χ2v) is 4.07. The number of nitrogens with zero attached hydrogens (tertiary/aromatic N) is 2. The molecule has 0 aliphatic heterocycles. The Morgan fingerprint density at radius 3 is 2.12 bits per heavy atom. The molecule has 1 N–H and O–H groups in total. The van der Waals surface area contributed by atoms with Gasteiger partial charge < -0.3 is 14.9 Å². The van der Waals surface area contributed by atoms with E-state index in [2.05, 4.69) is 6.58 Å². The molecule has 0 aromatic rings. The van der Waals surface area contributed by atoms with Gasteiger partial charge in [0.1, 0.15) is 6.54 Å². The minimum atomic E-state index is -0.988. The van der Waals surface area contributed by atoms with E-state index in [9.17, 15) is 9.59 Å². The van der Waals surface area contributed by atoms with E-state index in [-0.39, 0.29) is 12.6 Å². The first-order valence-corrected chi connectivity index (χ1v) is 5.82. The third-order valence-corrected chi connectivity index (χ3v) is 2.20. The van der Waals surface area contributed by atoms with Crippen molar-refractivity contribution >= 4 is 12.0 Å². The summed E-state index contributed by atoms with van der Waals surface area (Å²) in [6, 6.07) is -0.236. The van der Waals surface area contributed by atoms with Crippen molar-refractivity contribution in [1.82, 2.24) is 9.80 Å². The van der Waals surface area contributed by atoms with E-state index in [4.69, 9.17) is 5.11 Å². The molecule has 0 saturated carbocycles. The highest BCUT2D eigenvalue weighted by Gasteiger charge is 2.20. The van der Waals surface area contributed by atoms with E-state index in [0.29, 0.717) is 19.6 Å². The fourth-order valence-corrected chi connectivity index (χ4v) is 1.52. The van der Waals surface area contributed by atoms with Gasteiger partial charge in [-0.1, -0.05) is 19.1 Å². The lowest BCUT2D eigenvalue weighted by atomic mass is 10.3. The minimum Gasteiger partial charge on any atom is -0.480 e. The standard InChI is InChI=1S/C12H22N2O3/c1-5-7-14(9-11(15)16)12(17)13(6-2)8-10(3)4/h3,5-9H2,1-2,4H3,(H,15,16). The van der Waals surface area contributed by atoms with E-state index >= 15 is 0 Å². The van der Waals surface area contributed by atoms with Gasteiger partial charge in [-0.3, -0.25) is 4.79 Å². The number of urea groups is 1. The van der Waals surface area contributed by atoms with Gasteiger partial charge in [-0.2, -0.15) is 0 Å². The van der Waals surface area contributed by atoms with E-state index in [1.54, 1.807) is 4.90 Å². The largest absolute Gasteiger partial charge is 0.480 e. The van der Waals surface area contributed by atoms with Crippen molar-refractivity contribution in [3.05, 3.63) is 12.2 Å². The molecule has 5 heteroatoms. The van der Waals surface area contributed by atoms with Crippen molar-refractivity contribution in [3.8, 4) is 0 Å². The molecular weight excluding hydrogens is 220 g/mol. The number of carbonyl (C=O) groups is 2. The number of rotatable bonds is 7. The summed E-state index contributed by atoms with van der Waals surface area (Å²) in [5.41, 5.74) is 0.881. The van der Waals surface area contributed by atoms with Crippen LogP contribution in [0.5, 0.6) is 0 Å². The highest BCUT2D eigenvalue weighted by atomic mass is 16.4. The summed E-state index contributed by atoms with van der Waals surface area (Å²) in [7, 11) is 0. The predicted molar refractivity (Wildman–Crippen MR) is 67.0 cm³/mol. The summed E-state index contributed by atoms with van der Waals surface area (Å²) in [5.74, 6) is -0.988. The molecule has 0 atom stereocenters. The molecule has 0 aliphatic carbocycles. The Hall–Kier alpha value is -1.52. The predicted octanol–water partition coefficient (Wildman–Crippen LogP) is 1.80. The maximum absolute atomic E-state index is 12.1. The van der Waals surface area contributed by atoms with Crippen LogP contribution < -0.4 is 0 Å². The Labute approximate surface area is 103 Å². The third-order valence-electron chi connectivity index (χ3n) is 2.20. The molecule has 0 radical (unpaired) electrons. The van der Waals surface area contributed by atoms with Crippen LogP contribution in [0.3, 0.4) is 0 Å². The number of hydrogen-bond acceptors (Lipinski definition) is 2. The lowest BCUT2D eigenvalue weighted by Crippen LogP contribution is -2.46. The van der Waals surface area contributed by atoms with E-state index in [1.807, 2.05) is 20.8 Å². The molecule has 0 aromatic carbocycles. The Balaban J connectivity index is 4.65. The molecule has 98 valence electrons. The topological polar surface area (TPSA) is 60.9 Å². The zero-order valence-electron chi connectivity index (χ0n) is 10.9. The molecule has 0 saturated heterocycles. The average Bonchev–Trinajstić information content (AvgIpc) is 2.23. The summed E-state index contributed by atoms with van der Waals surface area (Å²) in [6.07, 6.45) is 0.740. The highest BCUT2D eigenvalue weighted by Crippen LogP contribution is 2.03. The van der Waals surface area contributed by atoms with E-state index < -0.39 is 5.97 Å². The van der Waals surface area contributed by atoms with Gasteiger partial charge in [0.25, 0.3) is 0 Å². The number of amides is 2. The molecule has 0 aromatic heterocycles. The van der Waals surface area contributed by atoms with Gasteiger partial charge in [0.05, 0.1) is 0 Å². The Kier molecular flexibility index (Phi) is 7.02. The number of aliphatic carboxylic acids is 1. The summed E-state index contributed by atoms with van der Waals surface area (Å²) >= 11 is 0. The molecule has 0 unspecified atom stereocenters. The molecule has 2 amide bonds. The zero-order valence-corrected chi connectivity index (χ0v) is 10.9. The second-order valence-electron chi connectivity index (χ2n) is 4.07. The normalized spacial score (nSPS) is 9.82. The fraction of sp³-hybridized carbons (Fsp3) is 0.667. The van der Waals surface area contributed by atoms with Crippen LogP contribution in [0.4, 0.5) is 4.79 Å². The Morgan fingerprint density at radius 1 is 1.18 bits per heavy atom. The smallest absolute Gasteiger partial charge is 0.323 e. The van der Waals surface area contributed by atoms with Crippen LogP contribution >= 0.6 is 0 Å². The maximum Gasteiger partial charge on any atom is 0.323 e. The summed E-state index contributed by atoms with van der Waals surface area (Å²) in [4.78, 5) is 25.7. The van der Waals surface area contributed by atoms with Crippen LogP contribution in [0.15, 0.2) is 12.2 Å². The van der Waals surface area contributed by atoms with Crippen molar-refractivity contribution in [2.45, 2.75) is 27.2 Å². The summed E-state index contributed by atoms with van der Waals surface area (Å²) in [6.45, 7) is 10.6. The van der Waals surface area contributed by atoms with Crippen LogP contribution in [-0.2, 0) is 4.79 Å². The average molecular weight is 242 g/mol. The molecule has 0 bridgehead atoms. The van der Waals surface area contributed by atoms with Gasteiger partial charge in [0, 0.05) is 19.6 Å². The molecule has 5 nitrogen and oxygen atoms in total. The molecule has 0 spiro atoms. The first kappa shape index (κ1) is 15.5. The van der Waals surface area contributed by atoms with Crippen molar-refractivity contribution in [3.63, 3.8) is 0 Å². The number of carbonyl (C=O) groups excluding carboxylic acids is 1. The quantitative estimate of drug-likeness (QED) is 0.692. The third kappa shape index (κ3) is 5.94. The monoisotopic (exact) mass is 242 g/mol. The molecule has 17 heavy (non-hydrogen) atoms. The lowest BCUT2D eigenvalue weighted by Gasteiger charge is -2.28. The first-order chi connectivity index (χ1) is 7.92. The fourth-order valence-electron chi connectivity index (χ4n) is 1.52. The zero-order chi connectivity index (χ0) is 13.4. The van der Waals surface area contributed by atoms with Crippen LogP contribution in [0, 0.1) is 0 Å². The SMILES string of the molecule is C=C(C)CN(CC)C(=O)N(CCC)CC(=O)O. The minimum absolute atomic E-state index is 0.236. The van der Waals surface area contributed by atoms with Crippen LogP contribution in [0.1, 0.15) is 27.2 Å². The number of carboxylic acids is 1. The van der Waals surface area contributed by atoms with Gasteiger partial charge in [-0.25, -0.2) is 4.79 Å². The maximum atomic E-state index is 12.1. The first-order valence-electron chi connectivity index (χ1n) is 5.82. The number of carboxylic acid groups (broad SMARTS) is 1. The summed E-state index contributed by atoms with van der Waals surface area (Å²) in [5, 5.41) is 8.77. The van der Waals surface area contributed by atoms with E-state index in [0.717, 1.165) is 12.0 Å². The Morgan fingerprint density at radius 2 is 1.76 bits per heavy atom. The second kappa shape index (κ2) is 7.70. The summed E-state index contributed by atoms with van der Waals surface area (Å²) < 4.78 is 0. The van der Waals surface area contributed by atoms with Gasteiger partial charge in [-0.15, -0.1) is 0 Å². The van der Waals surface area contributed by atoms with Gasteiger partial charge in [-0.05, 0) is 20.3 Å². The molecule has 0 heterocycles. The van der Waals surface area contributed by atoms with Gasteiger partial charge in [0.15, 0.2) is 0 Å². The number of hydrogen-bond donors (Lipinski definition) is 1. The molecular formula is C12H22N2O3. The molecule has 0 fully saturated rings.